The van der Waals surface area contributed by atoms with Crippen molar-refractivity contribution in [1.29, 1.82) is 0 Å². The largest absolute Gasteiger partial charge is 0.506 e. The molecule has 0 unspecified atom stereocenters. The van der Waals surface area contributed by atoms with Crippen LogP contribution in [0.5, 0.6) is 5.75 Å². The van der Waals surface area contributed by atoms with E-state index in [4.69, 9.17) is 0 Å². The van der Waals surface area contributed by atoms with Crippen LogP contribution in [0.15, 0.2) is 60.1 Å². The van der Waals surface area contributed by atoms with Crippen LogP contribution in [0.4, 0.5) is 4.39 Å². The van der Waals surface area contributed by atoms with Crippen LogP contribution in [0.1, 0.15) is 26.3 Å². The van der Waals surface area contributed by atoms with Crippen LogP contribution in [0.25, 0.3) is 32.5 Å². The van der Waals surface area contributed by atoms with Gasteiger partial charge < -0.3 is 5.11 Å². The van der Waals surface area contributed by atoms with Gasteiger partial charge in [0.15, 0.2) is 0 Å². The van der Waals surface area contributed by atoms with E-state index in [1.165, 1.54) is 11.3 Å². The van der Waals surface area contributed by atoms with Gasteiger partial charge in [0, 0.05) is 22.9 Å². The van der Waals surface area contributed by atoms with E-state index in [1.54, 1.807) is 30.5 Å². The molecule has 0 amide bonds. The molecule has 0 aliphatic rings. The summed E-state index contributed by atoms with van der Waals surface area (Å²) in [5.41, 5.74) is 2.95. The molecule has 2 heterocycles. The zero-order chi connectivity index (χ0) is 19.2. The van der Waals surface area contributed by atoms with E-state index in [-0.39, 0.29) is 17.0 Å². The van der Waals surface area contributed by atoms with Crippen molar-refractivity contribution in [2.75, 3.05) is 0 Å². The minimum Gasteiger partial charge on any atom is -0.506 e. The van der Waals surface area contributed by atoms with E-state index in [2.05, 4.69) is 25.8 Å². The number of thiophene rings is 1. The lowest BCUT2D eigenvalue weighted by Gasteiger charge is -2.19. The number of hydrogen-bond donors (Lipinski definition) is 1. The van der Waals surface area contributed by atoms with Crippen LogP contribution in [0.2, 0.25) is 0 Å². The number of pyridine rings is 1. The Labute approximate surface area is 162 Å². The highest BCUT2D eigenvalue weighted by molar-refractivity contribution is 7.17. The second-order valence-corrected chi connectivity index (χ2v) is 8.56. The summed E-state index contributed by atoms with van der Waals surface area (Å²) in [6.07, 6.45) is 1.72. The van der Waals surface area contributed by atoms with Crippen LogP contribution in [0, 0.1) is 5.82 Å². The fraction of sp³-hybridized carbons (Fsp3) is 0.174. The van der Waals surface area contributed by atoms with E-state index >= 15 is 4.39 Å². The van der Waals surface area contributed by atoms with E-state index in [0.717, 1.165) is 15.6 Å². The number of aromatic nitrogens is 1. The normalized spacial score (nSPS) is 11.9. The second kappa shape index (κ2) is 6.46. The summed E-state index contributed by atoms with van der Waals surface area (Å²) in [5.74, 6) is -0.253. The van der Waals surface area contributed by atoms with Crippen molar-refractivity contribution in [1.82, 2.24) is 4.98 Å². The molecule has 4 heteroatoms. The van der Waals surface area contributed by atoms with Crippen LogP contribution in [-0.2, 0) is 5.41 Å². The third-order valence-electron chi connectivity index (χ3n) is 4.79. The molecule has 2 nitrogen and oxygen atoms in total. The van der Waals surface area contributed by atoms with Crippen molar-refractivity contribution in [3.05, 3.63) is 71.5 Å². The summed E-state index contributed by atoms with van der Waals surface area (Å²) in [7, 11) is 0. The Kier molecular flexibility index (Phi) is 4.23. The molecule has 136 valence electrons. The molecule has 1 N–H and O–H groups in total. The molecule has 2 aromatic heterocycles. The zero-order valence-electron chi connectivity index (χ0n) is 15.5. The van der Waals surface area contributed by atoms with Crippen molar-refractivity contribution < 1.29 is 9.50 Å². The Hall–Kier alpha value is -2.72. The predicted octanol–water partition coefficient (Wildman–Crippen LogP) is 6.77. The van der Waals surface area contributed by atoms with Gasteiger partial charge in [-0.15, -0.1) is 11.3 Å². The minimum atomic E-state index is -0.373. The van der Waals surface area contributed by atoms with Crippen molar-refractivity contribution in [2.24, 2.45) is 0 Å². The van der Waals surface area contributed by atoms with E-state index < -0.39 is 0 Å². The molecule has 0 bridgehead atoms. The molecule has 0 radical (unpaired) electrons. The average molecular weight is 377 g/mol. The first kappa shape index (κ1) is 17.7. The average Bonchev–Trinajstić information content (AvgIpc) is 3.12. The number of benzene rings is 2. The van der Waals surface area contributed by atoms with Gasteiger partial charge in [-0.25, -0.2) is 4.39 Å². The van der Waals surface area contributed by atoms with E-state index in [9.17, 15) is 5.11 Å². The smallest absolute Gasteiger partial charge is 0.141 e. The van der Waals surface area contributed by atoms with Gasteiger partial charge in [-0.1, -0.05) is 39.0 Å². The summed E-state index contributed by atoms with van der Waals surface area (Å²) >= 11 is 1.45. The molecule has 0 atom stereocenters. The molecule has 4 aromatic rings. The number of phenols is 1. The molecule has 0 aliphatic heterocycles. The Balaban J connectivity index is 1.88. The first-order valence-corrected chi connectivity index (χ1v) is 9.69. The Morgan fingerprint density at radius 2 is 1.74 bits per heavy atom. The number of phenolic OH excluding ortho intramolecular Hbond substituents is 1. The molecule has 27 heavy (non-hydrogen) atoms. The van der Waals surface area contributed by atoms with Gasteiger partial charge >= 0.3 is 0 Å². The monoisotopic (exact) mass is 377 g/mol. The second-order valence-electron chi connectivity index (χ2n) is 7.65. The molecular formula is C23H20FNOS. The Bertz CT molecular complexity index is 1140. The highest BCUT2D eigenvalue weighted by Crippen LogP contribution is 2.41. The topological polar surface area (TPSA) is 33.1 Å². The summed E-state index contributed by atoms with van der Waals surface area (Å²) in [5, 5.41) is 13.5. The molecule has 4 rings (SSSR count). The van der Waals surface area contributed by atoms with Gasteiger partial charge in [-0.05, 0) is 52.1 Å². The van der Waals surface area contributed by atoms with Crippen molar-refractivity contribution >= 4 is 21.4 Å². The number of halogens is 1. The van der Waals surface area contributed by atoms with Gasteiger partial charge in [-0.3, -0.25) is 4.98 Å². The lowest BCUT2D eigenvalue weighted by molar-refractivity contribution is 0.484. The van der Waals surface area contributed by atoms with Gasteiger partial charge in [0.05, 0.1) is 10.4 Å². The summed E-state index contributed by atoms with van der Waals surface area (Å²) < 4.78 is 16.2. The molecule has 0 aliphatic carbocycles. The van der Waals surface area contributed by atoms with Crippen molar-refractivity contribution in [3.8, 4) is 28.1 Å². The zero-order valence-corrected chi connectivity index (χ0v) is 16.3. The predicted molar refractivity (Wildman–Crippen MR) is 111 cm³/mol. The molecule has 0 spiro atoms. The molecule has 0 saturated carbocycles. The highest BCUT2D eigenvalue weighted by atomic mass is 32.1. The fourth-order valence-electron chi connectivity index (χ4n) is 3.22. The number of aromatic hydroxyl groups is 1. The van der Waals surface area contributed by atoms with Gasteiger partial charge in [0.2, 0.25) is 0 Å². The third kappa shape index (κ3) is 3.10. The number of rotatable bonds is 2. The molecule has 0 saturated heterocycles. The van der Waals surface area contributed by atoms with Crippen LogP contribution < -0.4 is 0 Å². The lowest BCUT2D eigenvalue weighted by Crippen LogP contribution is -2.11. The number of hydrogen-bond acceptors (Lipinski definition) is 3. The SMILES string of the molecule is CC(C)(C)c1ccnc(-c2cccc(-c3ccc4ccsc4c3O)c2F)c1. The minimum absolute atomic E-state index is 0.0474. The molecule has 0 fully saturated rings. The van der Waals surface area contributed by atoms with Gasteiger partial charge in [-0.2, -0.15) is 0 Å². The first-order chi connectivity index (χ1) is 12.9. The first-order valence-electron chi connectivity index (χ1n) is 8.81. The van der Waals surface area contributed by atoms with Crippen LogP contribution in [0.3, 0.4) is 0 Å². The summed E-state index contributed by atoms with van der Waals surface area (Å²) in [4.78, 5) is 4.38. The Morgan fingerprint density at radius 1 is 0.963 bits per heavy atom. The van der Waals surface area contributed by atoms with Crippen LogP contribution >= 0.6 is 11.3 Å². The quantitative estimate of drug-likeness (QED) is 0.418. The third-order valence-corrected chi connectivity index (χ3v) is 5.72. The van der Waals surface area contributed by atoms with E-state index in [1.807, 2.05) is 29.6 Å². The summed E-state index contributed by atoms with van der Waals surface area (Å²) in [6.45, 7) is 6.35. The maximum atomic E-state index is 15.4. The van der Waals surface area contributed by atoms with E-state index in [0.29, 0.717) is 22.4 Å². The van der Waals surface area contributed by atoms with Gasteiger partial charge in [0.25, 0.3) is 0 Å². The summed E-state index contributed by atoms with van der Waals surface area (Å²) in [6, 6.07) is 14.7. The Morgan fingerprint density at radius 3 is 2.52 bits per heavy atom. The maximum absolute atomic E-state index is 15.4. The lowest BCUT2D eigenvalue weighted by atomic mass is 9.86. The van der Waals surface area contributed by atoms with Crippen molar-refractivity contribution in [2.45, 2.75) is 26.2 Å². The van der Waals surface area contributed by atoms with Gasteiger partial charge in [0.1, 0.15) is 11.6 Å². The standard InChI is InChI=1S/C23H20FNOS/c1-23(2,3)15-9-11-25-19(13-15)18-6-4-5-16(20(18)24)17-8-7-14-10-12-27-22(14)21(17)26/h4-13,26H,1-3H3. The maximum Gasteiger partial charge on any atom is 0.141 e. The highest BCUT2D eigenvalue weighted by Gasteiger charge is 2.19. The van der Waals surface area contributed by atoms with Crippen LogP contribution in [-0.4, -0.2) is 10.1 Å². The molecule has 2 aromatic carbocycles. The van der Waals surface area contributed by atoms with Crippen molar-refractivity contribution in [3.63, 3.8) is 0 Å². The fourth-order valence-corrected chi connectivity index (χ4v) is 4.06. The number of fused-ring (bicyclic) bond motifs is 1. The number of nitrogens with zero attached hydrogens (tertiary/aromatic N) is 1. The molecular weight excluding hydrogens is 357 g/mol.